The van der Waals surface area contributed by atoms with Gasteiger partial charge in [0.05, 0.1) is 19.3 Å². The Bertz CT molecular complexity index is 281. The molecule has 1 rings (SSSR count). The van der Waals surface area contributed by atoms with E-state index in [-0.39, 0.29) is 6.04 Å². The SMILES string of the molecule is CC(C)COCCn1cc(C(C)N)cn1. The van der Waals surface area contributed by atoms with Crippen LogP contribution >= 0.6 is 0 Å². The molecule has 4 nitrogen and oxygen atoms in total. The van der Waals surface area contributed by atoms with Crippen LogP contribution in [0.1, 0.15) is 32.4 Å². The molecule has 1 aromatic rings. The highest BCUT2D eigenvalue weighted by atomic mass is 16.5. The van der Waals surface area contributed by atoms with E-state index in [1.165, 1.54) is 0 Å². The van der Waals surface area contributed by atoms with Crippen LogP contribution in [-0.4, -0.2) is 23.0 Å². The number of aromatic nitrogens is 2. The summed E-state index contributed by atoms with van der Waals surface area (Å²) in [5.41, 5.74) is 6.81. The van der Waals surface area contributed by atoms with Crippen LogP contribution in [0.25, 0.3) is 0 Å². The van der Waals surface area contributed by atoms with E-state index in [9.17, 15) is 0 Å². The van der Waals surface area contributed by atoms with Gasteiger partial charge < -0.3 is 10.5 Å². The van der Waals surface area contributed by atoms with E-state index >= 15 is 0 Å². The molecule has 0 fully saturated rings. The lowest BCUT2D eigenvalue weighted by Crippen LogP contribution is -2.10. The minimum atomic E-state index is 0.0512. The average Bonchev–Trinajstić information content (AvgIpc) is 2.60. The van der Waals surface area contributed by atoms with Gasteiger partial charge in [-0.3, -0.25) is 4.68 Å². The van der Waals surface area contributed by atoms with Gasteiger partial charge in [0.15, 0.2) is 0 Å². The van der Waals surface area contributed by atoms with Crippen LogP contribution in [0, 0.1) is 5.92 Å². The maximum absolute atomic E-state index is 5.74. The summed E-state index contributed by atoms with van der Waals surface area (Å²) >= 11 is 0. The topological polar surface area (TPSA) is 53.1 Å². The Hall–Kier alpha value is -0.870. The number of nitrogens with zero attached hydrogens (tertiary/aromatic N) is 2. The first-order chi connectivity index (χ1) is 7.09. The fourth-order valence-corrected chi connectivity index (χ4v) is 1.21. The molecule has 1 heterocycles. The minimum Gasteiger partial charge on any atom is -0.379 e. The third-order valence-electron chi connectivity index (χ3n) is 2.09. The number of hydrogen-bond donors (Lipinski definition) is 1. The summed E-state index contributed by atoms with van der Waals surface area (Å²) in [6.07, 6.45) is 3.79. The van der Waals surface area contributed by atoms with Gasteiger partial charge in [-0.25, -0.2) is 0 Å². The molecule has 0 spiro atoms. The Balaban J connectivity index is 2.26. The second-order valence-electron chi connectivity index (χ2n) is 4.29. The molecule has 0 bridgehead atoms. The summed E-state index contributed by atoms with van der Waals surface area (Å²) < 4.78 is 7.35. The van der Waals surface area contributed by atoms with Gasteiger partial charge in [0, 0.05) is 24.4 Å². The first-order valence-corrected chi connectivity index (χ1v) is 5.45. The molecule has 1 aromatic heterocycles. The second-order valence-corrected chi connectivity index (χ2v) is 4.29. The fraction of sp³-hybridized carbons (Fsp3) is 0.727. The van der Waals surface area contributed by atoms with Crippen molar-refractivity contribution in [1.29, 1.82) is 0 Å². The average molecular weight is 211 g/mol. The van der Waals surface area contributed by atoms with Crippen LogP contribution in [0.15, 0.2) is 12.4 Å². The Morgan fingerprint density at radius 3 is 2.73 bits per heavy atom. The molecular formula is C11H21N3O. The van der Waals surface area contributed by atoms with Gasteiger partial charge in [-0.05, 0) is 12.8 Å². The van der Waals surface area contributed by atoms with E-state index in [1.807, 2.05) is 24.0 Å². The van der Waals surface area contributed by atoms with Crippen LogP contribution < -0.4 is 5.73 Å². The van der Waals surface area contributed by atoms with Gasteiger partial charge in [-0.1, -0.05) is 13.8 Å². The molecule has 0 aliphatic heterocycles. The van der Waals surface area contributed by atoms with Crippen LogP contribution in [-0.2, 0) is 11.3 Å². The summed E-state index contributed by atoms with van der Waals surface area (Å²) in [5.74, 6) is 0.585. The molecule has 0 aromatic carbocycles. The number of ether oxygens (including phenoxy) is 1. The third kappa shape index (κ3) is 4.44. The number of rotatable bonds is 6. The van der Waals surface area contributed by atoms with Crippen molar-refractivity contribution in [3.63, 3.8) is 0 Å². The van der Waals surface area contributed by atoms with Crippen molar-refractivity contribution in [1.82, 2.24) is 9.78 Å². The lowest BCUT2D eigenvalue weighted by molar-refractivity contribution is 0.101. The van der Waals surface area contributed by atoms with Gasteiger partial charge >= 0.3 is 0 Å². The molecular weight excluding hydrogens is 190 g/mol. The zero-order valence-electron chi connectivity index (χ0n) is 9.81. The summed E-state index contributed by atoms with van der Waals surface area (Å²) in [6.45, 7) is 8.54. The van der Waals surface area contributed by atoms with Gasteiger partial charge in [0.2, 0.25) is 0 Å². The predicted octanol–water partition coefficient (Wildman–Crippen LogP) is 1.58. The molecule has 4 heteroatoms. The fourth-order valence-electron chi connectivity index (χ4n) is 1.21. The lowest BCUT2D eigenvalue weighted by atomic mass is 10.2. The minimum absolute atomic E-state index is 0.0512. The maximum atomic E-state index is 5.74. The van der Waals surface area contributed by atoms with Crippen molar-refractivity contribution in [3.05, 3.63) is 18.0 Å². The highest BCUT2D eigenvalue weighted by molar-refractivity contribution is 5.07. The van der Waals surface area contributed by atoms with Crippen molar-refractivity contribution in [2.45, 2.75) is 33.4 Å². The standard InChI is InChI=1S/C11H21N3O/c1-9(2)8-15-5-4-14-7-11(6-13-14)10(3)12/h6-7,9-10H,4-5,8,12H2,1-3H3. The summed E-state index contributed by atoms with van der Waals surface area (Å²) in [5, 5.41) is 4.21. The van der Waals surface area contributed by atoms with Crippen LogP contribution in [0.4, 0.5) is 0 Å². The Morgan fingerprint density at radius 1 is 1.47 bits per heavy atom. The molecule has 1 atom stereocenters. The predicted molar refractivity (Wildman–Crippen MR) is 60.5 cm³/mol. The summed E-state index contributed by atoms with van der Waals surface area (Å²) in [4.78, 5) is 0. The summed E-state index contributed by atoms with van der Waals surface area (Å²) in [6, 6.07) is 0.0512. The smallest absolute Gasteiger partial charge is 0.0662 e. The van der Waals surface area contributed by atoms with Crippen LogP contribution in [0.5, 0.6) is 0 Å². The van der Waals surface area contributed by atoms with Gasteiger partial charge in [0.1, 0.15) is 0 Å². The van der Waals surface area contributed by atoms with Crippen molar-refractivity contribution in [2.75, 3.05) is 13.2 Å². The maximum Gasteiger partial charge on any atom is 0.0662 e. The van der Waals surface area contributed by atoms with Crippen molar-refractivity contribution in [2.24, 2.45) is 11.7 Å². The third-order valence-corrected chi connectivity index (χ3v) is 2.09. The van der Waals surface area contributed by atoms with Crippen molar-refractivity contribution >= 4 is 0 Å². The molecule has 0 aliphatic carbocycles. The van der Waals surface area contributed by atoms with Crippen molar-refractivity contribution in [3.8, 4) is 0 Å². The quantitative estimate of drug-likeness (QED) is 0.727. The first-order valence-electron chi connectivity index (χ1n) is 5.45. The lowest BCUT2D eigenvalue weighted by Gasteiger charge is -2.06. The molecule has 86 valence electrons. The Morgan fingerprint density at radius 2 is 2.20 bits per heavy atom. The molecule has 1 unspecified atom stereocenters. The zero-order chi connectivity index (χ0) is 11.3. The molecule has 0 amide bonds. The zero-order valence-corrected chi connectivity index (χ0v) is 9.81. The number of hydrogen-bond acceptors (Lipinski definition) is 3. The first kappa shape index (κ1) is 12.2. The van der Waals surface area contributed by atoms with Crippen LogP contribution in [0.2, 0.25) is 0 Å². The Labute approximate surface area is 91.4 Å². The molecule has 2 N–H and O–H groups in total. The highest BCUT2D eigenvalue weighted by Gasteiger charge is 2.02. The molecule has 0 saturated heterocycles. The van der Waals surface area contributed by atoms with E-state index in [2.05, 4.69) is 18.9 Å². The Kier molecular flexibility index (Phi) is 4.78. The van der Waals surface area contributed by atoms with Gasteiger partial charge in [-0.2, -0.15) is 5.10 Å². The number of nitrogens with two attached hydrogens (primary N) is 1. The van der Waals surface area contributed by atoms with Gasteiger partial charge in [-0.15, -0.1) is 0 Å². The van der Waals surface area contributed by atoms with E-state index in [1.54, 1.807) is 0 Å². The van der Waals surface area contributed by atoms with E-state index in [0.29, 0.717) is 12.5 Å². The monoisotopic (exact) mass is 211 g/mol. The normalized spacial score (nSPS) is 13.4. The van der Waals surface area contributed by atoms with Crippen molar-refractivity contribution < 1.29 is 4.74 Å². The second kappa shape index (κ2) is 5.88. The molecule has 0 radical (unpaired) electrons. The summed E-state index contributed by atoms with van der Waals surface area (Å²) in [7, 11) is 0. The van der Waals surface area contributed by atoms with Gasteiger partial charge in [0.25, 0.3) is 0 Å². The van der Waals surface area contributed by atoms with E-state index < -0.39 is 0 Å². The molecule has 0 aliphatic rings. The largest absolute Gasteiger partial charge is 0.379 e. The molecule has 15 heavy (non-hydrogen) atoms. The highest BCUT2D eigenvalue weighted by Crippen LogP contribution is 2.06. The van der Waals surface area contributed by atoms with E-state index in [0.717, 1.165) is 18.7 Å². The molecule has 0 saturated carbocycles. The van der Waals surface area contributed by atoms with Crippen LogP contribution in [0.3, 0.4) is 0 Å². The van der Waals surface area contributed by atoms with E-state index in [4.69, 9.17) is 10.5 Å².